The van der Waals surface area contributed by atoms with Gasteiger partial charge < -0.3 is 5.32 Å². The Morgan fingerprint density at radius 3 is 2.48 bits per heavy atom. The molecule has 2 aliphatic rings. The largest absolute Gasteiger partial charge is 0.346 e. The Morgan fingerprint density at radius 1 is 1.22 bits per heavy atom. The van der Waals surface area contributed by atoms with Gasteiger partial charge in [0.2, 0.25) is 15.9 Å². The molecule has 5 nitrogen and oxygen atoms in total. The van der Waals surface area contributed by atoms with Gasteiger partial charge in [0.25, 0.3) is 0 Å². The van der Waals surface area contributed by atoms with Gasteiger partial charge in [-0.1, -0.05) is 30.3 Å². The fraction of sp³-hybridized carbons (Fsp3) is 0.588. The van der Waals surface area contributed by atoms with E-state index in [0.717, 1.165) is 37.7 Å². The van der Waals surface area contributed by atoms with E-state index in [-0.39, 0.29) is 17.4 Å². The minimum atomic E-state index is -3.23. The highest BCUT2D eigenvalue weighted by Gasteiger charge is 2.42. The van der Waals surface area contributed by atoms with Crippen molar-refractivity contribution in [1.82, 2.24) is 9.62 Å². The second-order valence-electron chi connectivity index (χ2n) is 6.75. The Bertz CT molecular complexity index is 668. The maximum absolute atomic E-state index is 12.7. The molecule has 1 N–H and O–H groups in total. The SMILES string of the molecule is CS(=O)(=O)N1CCCC(C(=O)NC2(c3ccccc3)CCC2)C1. The first kappa shape index (κ1) is 16.5. The molecule has 23 heavy (non-hydrogen) atoms. The zero-order chi connectivity index (χ0) is 16.5. The normalized spacial score (nSPS) is 24.7. The Kier molecular flexibility index (Phi) is 4.47. The zero-order valence-electron chi connectivity index (χ0n) is 13.5. The number of carbonyl (C=O) groups excluding carboxylic acids is 1. The summed E-state index contributed by atoms with van der Waals surface area (Å²) >= 11 is 0. The summed E-state index contributed by atoms with van der Waals surface area (Å²) in [6.07, 6.45) is 5.71. The van der Waals surface area contributed by atoms with Crippen LogP contribution < -0.4 is 5.32 Å². The van der Waals surface area contributed by atoms with E-state index >= 15 is 0 Å². The summed E-state index contributed by atoms with van der Waals surface area (Å²) in [5, 5.41) is 3.23. The lowest BCUT2D eigenvalue weighted by atomic mass is 9.71. The summed E-state index contributed by atoms with van der Waals surface area (Å²) in [7, 11) is -3.23. The zero-order valence-corrected chi connectivity index (χ0v) is 14.3. The third-order valence-corrected chi connectivity index (χ3v) is 6.39. The van der Waals surface area contributed by atoms with Crippen molar-refractivity contribution in [3.63, 3.8) is 0 Å². The van der Waals surface area contributed by atoms with Crippen molar-refractivity contribution in [1.29, 1.82) is 0 Å². The molecule has 0 spiro atoms. The highest BCUT2D eigenvalue weighted by atomic mass is 32.2. The number of amides is 1. The lowest BCUT2D eigenvalue weighted by Crippen LogP contribution is -2.54. The molecule has 1 saturated carbocycles. The predicted octanol–water partition coefficient (Wildman–Crippen LogP) is 1.85. The number of carbonyl (C=O) groups is 1. The molecule has 3 rings (SSSR count). The molecule has 126 valence electrons. The van der Waals surface area contributed by atoms with Crippen LogP contribution in [0.3, 0.4) is 0 Å². The van der Waals surface area contributed by atoms with Gasteiger partial charge in [0.05, 0.1) is 17.7 Å². The molecular formula is C17H24N2O3S. The van der Waals surface area contributed by atoms with Crippen LogP contribution in [0.2, 0.25) is 0 Å². The molecule has 1 aromatic carbocycles. The third kappa shape index (κ3) is 3.43. The van der Waals surface area contributed by atoms with Gasteiger partial charge in [0, 0.05) is 13.1 Å². The topological polar surface area (TPSA) is 66.5 Å². The van der Waals surface area contributed by atoms with E-state index in [4.69, 9.17) is 0 Å². The maximum atomic E-state index is 12.7. The highest BCUT2D eigenvalue weighted by molar-refractivity contribution is 7.88. The molecule has 0 radical (unpaired) electrons. The standard InChI is InChI=1S/C17H24N2O3S/c1-23(21,22)19-12-5-7-14(13-19)16(20)18-17(10-6-11-17)15-8-3-2-4-9-15/h2-4,8-9,14H,5-7,10-13H2,1H3,(H,18,20). The smallest absolute Gasteiger partial charge is 0.225 e. The van der Waals surface area contributed by atoms with Gasteiger partial charge >= 0.3 is 0 Å². The van der Waals surface area contributed by atoms with Crippen LogP contribution in [-0.2, 0) is 20.4 Å². The summed E-state index contributed by atoms with van der Waals surface area (Å²) in [6.45, 7) is 0.821. The first-order chi connectivity index (χ1) is 10.9. The van der Waals surface area contributed by atoms with E-state index < -0.39 is 10.0 Å². The molecule has 1 aliphatic carbocycles. The molecule has 6 heteroatoms. The summed E-state index contributed by atoms with van der Waals surface area (Å²) in [5.41, 5.74) is 0.890. The van der Waals surface area contributed by atoms with Crippen LogP contribution in [0, 0.1) is 5.92 Å². The Morgan fingerprint density at radius 2 is 1.91 bits per heavy atom. The molecule has 1 unspecified atom stereocenters. The predicted molar refractivity (Wildman–Crippen MR) is 89.3 cm³/mol. The van der Waals surface area contributed by atoms with Crippen LogP contribution in [0.15, 0.2) is 30.3 Å². The van der Waals surface area contributed by atoms with Crippen LogP contribution in [0.25, 0.3) is 0 Å². The van der Waals surface area contributed by atoms with Crippen molar-refractivity contribution >= 4 is 15.9 Å². The second kappa shape index (κ2) is 6.24. The van der Waals surface area contributed by atoms with Crippen LogP contribution in [0.4, 0.5) is 0 Å². The number of rotatable bonds is 4. The fourth-order valence-corrected chi connectivity index (χ4v) is 4.48. The van der Waals surface area contributed by atoms with Crippen LogP contribution in [0.1, 0.15) is 37.7 Å². The van der Waals surface area contributed by atoms with E-state index in [9.17, 15) is 13.2 Å². The molecule has 1 amide bonds. The average Bonchev–Trinajstić information content (AvgIpc) is 2.51. The van der Waals surface area contributed by atoms with E-state index in [1.165, 1.54) is 10.6 Å². The van der Waals surface area contributed by atoms with Crippen molar-refractivity contribution in [3.8, 4) is 0 Å². The van der Waals surface area contributed by atoms with Crippen molar-refractivity contribution in [2.45, 2.75) is 37.6 Å². The quantitative estimate of drug-likeness (QED) is 0.912. The summed E-state index contributed by atoms with van der Waals surface area (Å²) in [4.78, 5) is 12.7. The Balaban J connectivity index is 1.71. The van der Waals surface area contributed by atoms with Gasteiger partial charge in [-0.15, -0.1) is 0 Å². The lowest BCUT2D eigenvalue weighted by molar-refractivity contribution is -0.129. The van der Waals surface area contributed by atoms with Crippen molar-refractivity contribution in [2.24, 2.45) is 5.92 Å². The molecular weight excluding hydrogens is 312 g/mol. The molecule has 1 atom stereocenters. The molecule has 1 saturated heterocycles. The van der Waals surface area contributed by atoms with Gasteiger partial charge in [-0.2, -0.15) is 0 Å². The highest BCUT2D eigenvalue weighted by Crippen LogP contribution is 2.41. The van der Waals surface area contributed by atoms with Gasteiger partial charge in [-0.25, -0.2) is 12.7 Å². The maximum Gasteiger partial charge on any atom is 0.225 e. The number of sulfonamides is 1. The van der Waals surface area contributed by atoms with Gasteiger partial charge in [0.15, 0.2) is 0 Å². The molecule has 1 aliphatic heterocycles. The average molecular weight is 336 g/mol. The molecule has 1 heterocycles. The monoisotopic (exact) mass is 336 g/mol. The summed E-state index contributed by atoms with van der Waals surface area (Å²) < 4.78 is 24.9. The van der Waals surface area contributed by atoms with Crippen molar-refractivity contribution < 1.29 is 13.2 Å². The lowest BCUT2D eigenvalue weighted by Gasteiger charge is -2.44. The second-order valence-corrected chi connectivity index (χ2v) is 8.73. The Labute approximate surface area is 138 Å². The number of nitrogens with one attached hydrogen (secondary N) is 1. The van der Waals surface area contributed by atoms with Gasteiger partial charge in [-0.05, 0) is 37.7 Å². The summed E-state index contributed by atoms with van der Waals surface area (Å²) in [5.74, 6) is -0.262. The fourth-order valence-electron chi connectivity index (χ4n) is 3.57. The molecule has 1 aromatic rings. The minimum Gasteiger partial charge on any atom is -0.346 e. The van der Waals surface area contributed by atoms with Crippen LogP contribution >= 0.6 is 0 Å². The number of benzene rings is 1. The van der Waals surface area contributed by atoms with Gasteiger partial charge in [0.1, 0.15) is 0 Å². The number of piperidine rings is 1. The third-order valence-electron chi connectivity index (χ3n) is 5.12. The number of nitrogens with zero attached hydrogens (tertiary/aromatic N) is 1. The van der Waals surface area contributed by atoms with Crippen molar-refractivity contribution in [3.05, 3.63) is 35.9 Å². The minimum absolute atomic E-state index is 0.0121. The molecule has 0 aromatic heterocycles. The summed E-state index contributed by atoms with van der Waals surface area (Å²) in [6, 6.07) is 10.1. The van der Waals surface area contributed by atoms with E-state index in [1.54, 1.807) is 0 Å². The Hall–Kier alpha value is -1.40. The van der Waals surface area contributed by atoms with Crippen molar-refractivity contribution in [2.75, 3.05) is 19.3 Å². The van der Waals surface area contributed by atoms with Gasteiger partial charge in [-0.3, -0.25) is 4.79 Å². The first-order valence-corrected chi connectivity index (χ1v) is 10.1. The molecule has 0 bridgehead atoms. The van der Waals surface area contributed by atoms with Crippen LogP contribution in [-0.4, -0.2) is 38.0 Å². The van der Waals surface area contributed by atoms with E-state index in [2.05, 4.69) is 17.4 Å². The first-order valence-electron chi connectivity index (χ1n) is 8.23. The molecule has 2 fully saturated rings. The van der Waals surface area contributed by atoms with E-state index in [0.29, 0.717) is 13.1 Å². The number of hydrogen-bond donors (Lipinski definition) is 1. The van der Waals surface area contributed by atoms with Crippen LogP contribution in [0.5, 0.6) is 0 Å². The van der Waals surface area contributed by atoms with E-state index in [1.807, 2.05) is 18.2 Å². The number of hydrogen-bond acceptors (Lipinski definition) is 3.